The van der Waals surface area contributed by atoms with Crippen LogP contribution in [0.2, 0.25) is 0 Å². The van der Waals surface area contributed by atoms with Gasteiger partial charge in [0.05, 0.1) is 0 Å². The lowest BCUT2D eigenvalue weighted by molar-refractivity contribution is -0.139. The standard InChI is InChI=1S/C17H22N6O8/c1-5-11(24)28-7-9-30-16(26)21-13-18-14(20-15(19-13)23(3)4)22-17(27)31-10-8-29-12(25)6-2/h5-6H,1-2,7-10H2,3-4H3,(H2,18,19,20,21,22,26,27). The van der Waals surface area contributed by atoms with E-state index in [1.54, 1.807) is 14.1 Å². The Labute approximate surface area is 177 Å². The van der Waals surface area contributed by atoms with Crippen molar-refractivity contribution in [3.8, 4) is 0 Å². The van der Waals surface area contributed by atoms with Crippen molar-refractivity contribution < 1.29 is 38.1 Å². The molecule has 1 aromatic rings. The first-order chi connectivity index (χ1) is 14.7. The molecule has 0 aromatic carbocycles. The van der Waals surface area contributed by atoms with Gasteiger partial charge in [-0.25, -0.2) is 19.2 Å². The van der Waals surface area contributed by atoms with Crippen LogP contribution in [0.5, 0.6) is 0 Å². The smallest absolute Gasteiger partial charge is 0.414 e. The summed E-state index contributed by atoms with van der Waals surface area (Å²) in [6, 6.07) is 0. The summed E-state index contributed by atoms with van der Waals surface area (Å²) in [7, 11) is 3.25. The van der Waals surface area contributed by atoms with E-state index >= 15 is 0 Å². The summed E-state index contributed by atoms with van der Waals surface area (Å²) in [6.07, 6.45) is 0.0911. The van der Waals surface area contributed by atoms with E-state index in [0.29, 0.717) is 0 Å². The second-order valence-corrected chi connectivity index (χ2v) is 5.44. The molecular formula is C17H22N6O8. The number of carbonyl (C=O) groups excluding carboxylic acids is 4. The summed E-state index contributed by atoms with van der Waals surface area (Å²) >= 11 is 0. The highest BCUT2D eigenvalue weighted by Gasteiger charge is 2.14. The molecule has 1 rings (SSSR count). The van der Waals surface area contributed by atoms with Crippen LogP contribution in [-0.2, 0) is 28.5 Å². The molecule has 0 spiro atoms. The number of ether oxygens (including phenoxy) is 4. The Morgan fingerprint density at radius 1 is 0.774 bits per heavy atom. The molecule has 0 aliphatic carbocycles. The van der Waals surface area contributed by atoms with E-state index in [1.807, 2.05) is 0 Å². The topological polar surface area (TPSA) is 171 Å². The summed E-state index contributed by atoms with van der Waals surface area (Å²) in [4.78, 5) is 58.8. The predicted octanol–water partition coefficient (Wildman–Crippen LogP) is 0.493. The molecule has 0 aliphatic rings. The van der Waals surface area contributed by atoms with Gasteiger partial charge in [-0.3, -0.25) is 10.6 Å². The molecule has 168 valence electrons. The number of amides is 2. The molecule has 1 heterocycles. The first kappa shape index (κ1) is 24.8. The van der Waals surface area contributed by atoms with Crippen molar-refractivity contribution in [3.63, 3.8) is 0 Å². The lowest BCUT2D eigenvalue weighted by atomic mass is 10.6. The Kier molecular flexibility index (Phi) is 10.5. The Hall–Kier alpha value is -4.23. The van der Waals surface area contributed by atoms with Crippen molar-refractivity contribution in [1.82, 2.24) is 15.0 Å². The predicted molar refractivity (Wildman–Crippen MR) is 106 cm³/mol. The van der Waals surface area contributed by atoms with Crippen molar-refractivity contribution in [3.05, 3.63) is 25.3 Å². The molecule has 1 aromatic heterocycles. The van der Waals surface area contributed by atoms with Gasteiger partial charge in [-0.2, -0.15) is 15.0 Å². The minimum Gasteiger partial charge on any atom is -0.459 e. The molecule has 0 saturated heterocycles. The fourth-order valence-corrected chi connectivity index (χ4v) is 1.60. The van der Waals surface area contributed by atoms with Crippen LogP contribution in [0.3, 0.4) is 0 Å². The normalized spacial score (nSPS) is 9.61. The summed E-state index contributed by atoms with van der Waals surface area (Å²) in [5, 5.41) is 4.51. The largest absolute Gasteiger partial charge is 0.459 e. The fraction of sp³-hybridized carbons (Fsp3) is 0.353. The van der Waals surface area contributed by atoms with Gasteiger partial charge in [0.1, 0.15) is 26.4 Å². The number of nitrogens with zero attached hydrogens (tertiary/aromatic N) is 4. The summed E-state index contributed by atoms with van der Waals surface area (Å²) in [5.74, 6) is -1.64. The number of anilines is 3. The number of hydrogen-bond acceptors (Lipinski definition) is 12. The average Bonchev–Trinajstić information content (AvgIpc) is 2.73. The van der Waals surface area contributed by atoms with E-state index < -0.39 is 24.1 Å². The van der Waals surface area contributed by atoms with Gasteiger partial charge in [-0.05, 0) is 0 Å². The molecule has 0 saturated carbocycles. The van der Waals surface area contributed by atoms with Gasteiger partial charge in [0.15, 0.2) is 0 Å². The van der Waals surface area contributed by atoms with Gasteiger partial charge in [0.2, 0.25) is 17.8 Å². The first-order valence-corrected chi connectivity index (χ1v) is 8.64. The van der Waals surface area contributed by atoms with Gasteiger partial charge in [-0.1, -0.05) is 13.2 Å². The molecule has 0 fully saturated rings. The van der Waals surface area contributed by atoms with Crippen LogP contribution in [0.1, 0.15) is 0 Å². The molecule has 0 bridgehead atoms. The first-order valence-electron chi connectivity index (χ1n) is 8.64. The number of aromatic nitrogens is 3. The monoisotopic (exact) mass is 438 g/mol. The van der Waals surface area contributed by atoms with Gasteiger partial charge in [-0.15, -0.1) is 0 Å². The summed E-state index contributed by atoms with van der Waals surface area (Å²) in [6.45, 7) is 5.69. The van der Waals surface area contributed by atoms with E-state index in [-0.39, 0.29) is 44.3 Å². The Morgan fingerprint density at radius 2 is 1.16 bits per heavy atom. The van der Waals surface area contributed by atoms with E-state index in [9.17, 15) is 19.2 Å². The molecule has 2 amide bonds. The van der Waals surface area contributed by atoms with Crippen LogP contribution < -0.4 is 15.5 Å². The SMILES string of the molecule is C=CC(=O)OCCOC(=O)Nc1nc(NC(=O)OCCOC(=O)C=C)nc(N(C)C)n1. The Balaban J connectivity index is 2.63. The van der Waals surface area contributed by atoms with Gasteiger partial charge in [0.25, 0.3) is 0 Å². The lowest BCUT2D eigenvalue weighted by Gasteiger charge is -2.13. The lowest BCUT2D eigenvalue weighted by Crippen LogP contribution is -2.23. The zero-order valence-electron chi connectivity index (χ0n) is 17.0. The molecule has 31 heavy (non-hydrogen) atoms. The van der Waals surface area contributed by atoms with Crippen LogP contribution >= 0.6 is 0 Å². The second kappa shape index (κ2) is 13.1. The quantitative estimate of drug-likeness (QED) is 0.212. The molecule has 14 nitrogen and oxygen atoms in total. The number of nitrogens with one attached hydrogen (secondary N) is 2. The van der Waals surface area contributed by atoms with Crippen LogP contribution in [0.4, 0.5) is 27.4 Å². The summed E-state index contributed by atoms with van der Waals surface area (Å²) in [5.41, 5.74) is 0. The highest BCUT2D eigenvalue weighted by atomic mass is 16.6. The zero-order valence-corrected chi connectivity index (χ0v) is 17.0. The van der Waals surface area contributed by atoms with Crippen LogP contribution in [0.25, 0.3) is 0 Å². The van der Waals surface area contributed by atoms with Crippen LogP contribution in [0.15, 0.2) is 25.3 Å². The van der Waals surface area contributed by atoms with Crippen LogP contribution in [-0.4, -0.2) is 79.6 Å². The van der Waals surface area contributed by atoms with E-state index in [2.05, 4.69) is 48.2 Å². The molecule has 14 heteroatoms. The summed E-state index contributed by atoms with van der Waals surface area (Å²) < 4.78 is 19.0. The molecule has 0 unspecified atom stereocenters. The molecule has 0 radical (unpaired) electrons. The minimum absolute atomic E-state index is 0.112. The second-order valence-electron chi connectivity index (χ2n) is 5.44. The molecule has 0 atom stereocenters. The van der Waals surface area contributed by atoms with E-state index in [0.717, 1.165) is 12.2 Å². The van der Waals surface area contributed by atoms with E-state index in [4.69, 9.17) is 9.47 Å². The van der Waals surface area contributed by atoms with Crippen molar-refractivity contribution in [2.75, 3.05) is 56.1 Å². The third-order valence-corrected chi connectivity index (χ3v) is 2.91. The average molecular weight is 438 g/mol. The fourth-order valence-electron chi connectivity index (χ4n) is 1.60. The van der Waals surface area contributed by atoms with Crippen molar-refractivity contribution in [1.29, 1.82) is 0 Å². The Morgan fingerprint density at radius 3 is 1.52 bits per heavy atom. The third kappa shape index (κ3) is 10.2. The van der Waals surface area contributed by atoms with Gasteiger partial charge >= 0.3 is 24.1 Å². The van der Waals surface area contributed by atoms with Gasteiger partial charge in [0, 0.05) is 26.2 Å². The minimum atomic E-state index is -0.928. The number of hydrogen-bond donors (Lipinski definition) is 2. The third-order valence-electron chi connectivity index (χ3n) is 2.91. The molecule has 0 aliphatic heterocycles. The van der Waals surface area contributed by atoms with Crippen molar-refractivity contribution in [2.45, 2.75) is 0 Å². The maximum Gasteiger partial charge on any atom is 0.414 e. The van der Waals surface area contributed by atoms with Crippen LogP contribution in [0, 0.1) is 0 Å². The van der Waals surface area contributed by atoms with Crippen molar-refractivity contribution in [2.24, 2.45) is 0 Å². The Bertz CT molecular complexity index is 769. The molecule has 2 N–H and O–H groups in total. The van der Waals surface area contributed by atoms with Gasteiger partial charge < -0.3 is 23.8 Å². The number of carbonyl (C=O) groups is 4. The maximum absolute atomic E-state index is 11.8. The number of rotatable bonds is 11. The highest BCUT2D eigenvalue weighted by molar-refractivity contribution is 5.85. The van der Waals surface area contributed by atoms with E-state index in [1.165, 1.54) is 4.90 Å². The highest BCUT2D eigenvalue weighted by Crippen LogP contribution is 2.12. The molecular weight excluding hydrogens is 416 g/mol. The maximum atomic E-state index is 11.8. The zero-order chi connectivity index (χ0) is 23.2. The van der Waals surface area contributed by atoms with Crippen molar-refractivity contribution >= 4 is 42.0 Å². The number of esters is 2.